The third-order valence-corrected chi connectivity index (χ3v) is 3.41. The Bertz CT molecular complexity index is 443. The van der Waals surface area contributed by atoms with Gasteiger partial charge in [0.15, 0.2) is 0 Å². The van der Waals surface area contributed by atoms with Gasteiger partial charge in [-0.15, -0.1) is 0 Å². The summed E-state index contributed by atoms with van der Waals surface area (Å²) in [5, 5.41) is 12.9. The van der Waals surface area contributed by atoms with E-state index in [4.69, 9.17) is 0 Å². The zero-order valence-corrected chi connectivity index (χ0v) is 12.1. The molecule has 0 bridgehead atoms. The summed E-state index contributed by atoms with van der Waals surface area (Å²) in [7, 11) is -10.2. The fourth-order valence-corrected chi connectivity index (χ4v) is 1.90. The van der Waals surface area contributed by atoms with E-state index in [0.29, 0.717) is 0 Å². The monoisotopic (exact) mass is 337 g/mol. The summed E-state index contributed by atoms with van der Waals surface area (Å²) < 4.78 is 70.7. The van der Waals surface area contributed by atoms with Crippen LogP contribution in [0.2, 0.25) is 0 Å². The van der Waals surface area contributed by atoms with Crippen molar-refractivity contribution in [3.63, 3.8) is 0 Å². The molecule has 0 aliphatic rings. The molecule has 122 valence electrons. The van der Waals surface area contributed by atoms with E-state index in [1.54, 1.807) is 0 Å². The molecule has 0 aromatic rings. The predicted octanol–water partition coefficient (Wildman–Crippen LogP) is -2.19. The molecule has 13 heteroatoms. The molecule has 0 saturated carbocycles. The SMILES string of the molecule is CC(C)C(COO[O-])(COS(=O)(=O)[O-])COS(=O)(=O)[O-]. The second-order valence-corrected chi connectivity index (χ2v) is 6.29. The van der Waals surface area contributed by atoms with Gasteiger partial charge in [-0.2, -0.15) is 0 Å². The molecular formula is C7H13O11S2-3. The molecule has 20 heavy (non-hydrogen) atoms. The average molecular weight is 337 g/mol. The number of hydrogen-bond acceptors (Lipinski definition) is 11. The molecule has 0 spiro atoms. The van der Waals surface area contributed by atoms with Crippen LogP contribution in [-0.2, 0) is 39.1 Å². The van der Waals surface area contributed by atoms with E-state index in [0.717, 1.165) is 0 Å². The van der Waals surface area contributed by atoms with E-state index in [9.17, 15) is 31.2 Å². The van der Waals surface area contributed by atoms with Gasteiger partial charge in [0, 0.05) is 5.41 Å². The van der Waals surface area contributed by atoms with Gasteiger partial charge >= 0.3 is 0 Å². The Hall–Kier alpha value is -0.380. The Labute approximate surface area is 116 Å². The molecule has 0 radical (unpaired) electrons. The zero-order valence-electron chi connectivity index (χ0n) is 10.5. The van der Waals surface area contributed by atoms with Crippen molar-refractivity contribution in [3.05, 3.63) is 0 Å². The maximum Gasteiger partial charge on any atom is 0.217 e. The van der Waals surface area contributed by atoms with Crippen LogP contribution in [0.5, 0.6) is 0 Å². The molecule has 0 fully saturated rings. The second-order valence-electron chi connectivity index (χ2n) is 4.19. The molecule has 0 aromatic carbocycles. The van der Waals surface area contributed by atoms with E-state index in [1.165, 1.54) is 13.8 Å². The first kappa shape index (κ1) is 19.6. The maximum absolute atomic E-state index is 10.4. The summed E-state index contributed by atoms with van der Waals surface area (Å²) >= 11 is 0. The zero-order chi connectivity index (χ0) is 16.0. The predicted molar refractivity (Wildman–Crippen MR) is 55.6 cm³/mol. The first-order chi connectivity index (χ1) is 8.92. The van der Waals surface area contributed by atoms with Crippen LogP contribution in [0, 0.1) is 11.3 Å². The minimum Gasteiger partial charge on any atom is -0.726 e. The van der Waals surface area contributed by atoms with Crippen LogP contribution in [0.15, 0.2) is 0 Å². The normalized spacial score (nSPS) is 13.9. The van der Waals surface area contributed by atoms with Crippen LogP contribution < -0.4 is 5.26 Å². The molecule has 0 aromatic heterocycles. The fraction of sp³-hybridized carbons (Fsp3) is 1.00. The van der Waals surface area contributed by atoms with Crippen LogP contribution in [0.4, 0.5) is 0 Å². The number of hydrogen-bond donors (Lipinski definition) is 0. The highest BCUT2D eigenvalue weighted by Crippen LogP contribution is 2.30. The topological polar surface area (TPSA) is 174 Å². The van der Waals surface area contributed by atoms with Crippen molar-refractivity contribution in [2.24, 2.45) is 11.3 Å². The second kappa shape index (κ2) is 7.58. The molecule has 0 rings (SSSR count). The molecule has 0 aliphatic carbocycles. The van der Waals surface area contributed by atoms with E-state index in [1.807, 2.05) is 0 Å². The standard InChI is InChI=1S/C7H16O11S2/c1-6(2)7(3-15-18-8,4-16-19(9,10)11)5-17-20(12,13)14/h6,8H,3-5H2,1-2H3,(H,9,10,11)(H,12,13,14)/p-3. The van der Waals surface area contributed by atoms with Gasteiger partial charge in [0.2, 0.25) is 20.8 Å². The van der Waals surface area contributed by atoms with Gasteiger partial charge < -0.3 is 14.4 Å². The van der Waals surface area contributed by atoms with Crippen molar-refractivity contribution in [3.8, 4) is 0 Å². The lowest BCUT2D eigenvalue weighted by Gasteiger charge is -2.36. The first-order valence-electron chi connectivity index (χ1n) is 5.04. The third kappa shape index (κ3) is 8.03. The summed E-state index contributed by atoms with van der Waals surface area (Å²) in [4.78, 5) is 4.08. The average Bonchev–Trinajstić information content (AvgIpc) is 2.25. The fourth-order valence-electron chi connectivity index (χ4n) is 1.15. The van der Waals surface area contributed by atoms with Crippen LogP contribution in [-0.4, -0.2) is 45.8 Å². The molecular weight excluding hydrogens is 324 g/mol. The Morgan fingerprint density at radius 3 is 1.60 bits per heavy atom. The smallest absolute Gasteiger partial charge is 0.217 e. The molecule has 11 nitrogen and oxygen atoms in total. The van der Waals surface area contributed by atoms with Crippen LogP contribution >= 0.6 is 0 Å². The highest BCUT2D eigenvalue weighted by Gasteiger charge is 2.37. The lowest BCUT2D eigenvalue weighted by Crippen LogP contribution is -2.43. The van der Waals surface area contributed by atoms with Crippen molar-refractivity contribution >= 4 is 20.8 Å². The van der Waals surface area contributed by atoms with Gasteiger partial charge in [0.25, 0.3) is 0 Å². The Morgan fingerprint density at radius 1 is 0.950 bits per heavy atom. The quantitative estimate of drug-likeness (QED) is 0.183. The van der Waals surface area contributed by atoms with Crippen LogP contribution in [0.25, 0.3) is 0 Å². The Balaban J connectivity index is 5.12. The van der Waals surface area contributed by atoms with Gasteiger partial charge in [-0.1, -0.05) is 13.8 Å². The summed E-state index contributed by atoms with van der Waals surface area (Å²) in [5.74, 6) is -0.596. The Kier molecular flexibility index (Phi) is 7.43. The minimum atomic E-state index is -5.08. The van der Waals surface area contributed by atoms with Crippen molar-refractivity contribution in [2.45, 2.75) is 13.8 Å². The van der Waals surface area contributed by atoms with Crippen molar-refractivity contribution < 1.29 is 49.5 Å². The first-order valence-corrected chi connectivity index (χ1v) is 7.70. The summed E-state index contributed by atoms with van der Waals surface area (Å²) in [6.07, 6.45) is 0. The molecule has 0 atom stereocenters. The highest BCUT2D eigenvalue weighted by atomic mass is 32.3. The lowest BCUT2D eigenvalue weighted by molar-refractivity contribution is -0.801. The third-order valence-electron chi connectivity index (χ3n) is 2.60. The number of rotatable bonds is 10. The van der Waals surface area contributed by atoms with Crippen molar-refractivity contribution in [2.75, 3.05) is 19.8 Å². The van der Waals surface area contributed by atoms with Gasteiger partial charge in [0.05, 0.1) is 19.8 Å². The van der Waals surface area contributed by atoms with E-state index in [2.05, 4.69) is 18.3 Å². The molecule has 0 heterocycles. The van der Waals surface area contributed by atoms with Crippen LogP contribution in [0.3, 0.4) is 0 Å². The molecule has 0 aliphatic heterocycles. The van der Waals surface area contributed by atoms with E-state index in [-0.39, 0.29) is 0 Å². The summed E-state index contributed by atoms with van der Waals surface area (Å²) in [5.41, 5.74) is -1.58. The van der Waals surface area contributed by atoms with E-state index >= 15 is 0 Å². The van der Waals surface area contributed by atoms with Crippen molar-refractivity contribution in [1.82, 2.24) is 0 Å². The summed E-state index contributed by atoms with van der Waals surface area (Å²) in [6, 6.07) is 0. The lowest BCUT2D eigenvalue weighted by atomic mass is 9.79. The summed E-state index contributed by atoms with van der Waals surface area (Å²) in [6.45, 7) is 0.537. The highest BCUT2D eigenvalue weighted by molar-refractivity contribution is 7.81. The van der Waals surface area contributed by atoms with Gasteiger partial charge in [0.1, 0.15) is 0 Å². The molecule has 0 N–H and O–H groups in total. The maximum atomic E-state index is 10.4. The Morgan fingerprint density at radius 2 is 1.35 bits per heavy atom. The molecule has 0 unspecified atom stereocenters. The van der Waals surface area contributed by atoms with Gasteiger partial charge in [-0.25, -0.2) is 21.7 Å². The minimum absolute atomic E-state index is 0.596. The van der Waals surface area contributed by atoms with Gasteiger partial charge in [-0.3, -0.25) is 13.4 Å². The largest absolute Gasteiger partial charge is 0.726 e. The molecule has 0 amide bonds. The van der Waals surface area contributed by atoms with Gasteiger partial charge in [-0.05, 0) is 5.92 Å². The van der Waals surface area contributed by atoms with Crippen LogP contribution in [0.1, 0.15) is 13.8 Å². The van der Waals surface area contributed by atoms with Crippen molar-refractivity contribution in [1.29, 1.82) is 0 Å². The molecule has 0 saturated heterocycles. The van der Waals surface area contributed by atoms with E-state index < -0.39 is 52.0 Å².